The summed E-state index contributed by atoms with van der Waals surface area (Å²) in [6, 6.07) is 13.2. The van der Waals surface area contributed by atoms with Gasteiger partial charge in [0.05, 0.1) is 11.7 Å². The molecule has 2 aromatic carbocycles. The maximum atomic E-state index is 13.1. The van der Waals surface area contributed by atoms with Gasteiger partial charge in [-0.1, -0.05) is 60.0 Å². The third-order valence-electron chi connectivity index (χ3n) is 6.95. The minimum absolute atomic E-state index is 0.103. The van der Waals surface area contributed by atoms with Crippen molar-refractivity contribution in [2.75, 3.05) is 26.2 Å². The summed E-state index contributed by atoms with van der Waals surface area (Å²) >= 11 is 12.4. The Kier molecular flexibility index (Phi) is 9.11. The molecule has 0 aromatic heterocycles. The zero-order valence-corrected chi connectivity index (χ0v) is 22.2. The summed E-state index contributed by atoms with van der Waals surface area (Å²) in [5.41, 5.74) is 2.74. The molecule has 9 heteroatoms. The Labute approximate surface area is 218 Å². The Morgan fingerprint density at radius 3 is 2.31 bits per heavy atom. The van der Waals surface area contributed by atoms with Crippen LogP contribution >= 0.6 is 23.2 Å². The fraction of sp³-hybridized carbons (Fsp3) is 0.500. The van der Waals surface area contributed by atoms with E-state index in [1.807, 2.05) is 12.1 Å². The first-order valence-corrected chi connectivity index (χ1v) is 14.7. The summed E-state index contributed by atoms with van der Waals surface area (Å²) in [7, 11) is -3.66. The van der Waals surface area contributed by atoms with Crippen LogP contribution in [0.4, 0.5) is 0 Å². The van der Waals surface area contributed by atoms with Crippen LogP contribution in [0.25, 0.3) is 0 Å². The molecule has 0 spiro atoms. The fourth-order valence-corrected chi connectivity index (χ4v) is 7.28. The molecule has 2 heterocycles. The Bertz CT molecular complexity index is 1120. The molecule has 0 saturated carbocycles. The summed E-state index contributed by atoms with van der Waals surface area (Å²) in [5.74, 6) is -0.757. The molecule has 1 amide bonds. The van der Waals surface area contributed by atoms with Crippen molar-refractivity contribution in [2.24, 2.45) is 5.92 Å². The van der Waals surface area contributed by atoms with Crippen molar-refractivity contribution in [2.45, 2.75) is 50.9 Å². The molecule has 0 radical (unpaired) electrons. The van der Waals surface area contributed by atoms with Crippen LogP contribution < -0.4 is 5.32 Å². The van der Waals surface area contributed by atoms with Gasteiger partial charge in [-0.05, 0) is 62.0 Å². The monoisotopic (exact) mass is 537 g/mol. The molecule has 2 aromatic rings. The zero-order chi connectivity index (χ0) is 24.8. The van der Waals surface area contributed by atoms with Crippen LogP contribution in [-0.2, 0) is 33.7 Å². The summed E-state index contributed by atoms with van der Waals surface area (Å²) in [5, 5.41) is 3.72. The molecule has 1 N–H and O–H groups in total. The molecular weight excluding hydrogens is 505 g/mol. The highest BCUT2D eigenvalue weighted by Gasteiger charge is 2.33. The largest absolute Gasteiger partial charge is 0.352 e. The first kappa shape index (κ1) is 26.4. The van der Waals surface area contributed by atoms with Crippen LogP contribution in [-0.4, -0.2) is 49.7 Å². The fourth-order valence-electron chi connectivity index (χ4n) is 4.92. The third kappa shape index (κ3) is 6.98. The van der Waals surface area contributed by atoms with Crippen molar-refractivity contribution in [1.29, 1.82) is 0 Å². The van der Waals surface area contributed by atoms with Crippen LogP contribution in [0.15, 0.2) is 42.5 Å². The molecule has 6 nitrogen and oxygen atoms in total. The number of nitrogens with one attached hydrogen (secondary N) is 1. The van der Waals surface area contributed by atoms with E-state index >= 15 is 0 Å². The maximum absolute atomic E-state index is 13.1. The van der Waals surface area contributed by atoms with E-state index in [4.69, 9.17) is 23.2 Å². The van der Waals surface area contributed by atoms with Gasteiger partial charge >= 0.3 is 0 Å². The lowest BCUT2D eigenvalue weighted by Crippen LogP contribution is -2.45. The van der Waals surface area contributed by atoms with E-state index in [1.165, 1.54) is 29.1 Å². The average Bonchev–Trinajstić information content (AvgIpc) is 2.86. The summed E-state index contributed by atoms with van der Waals surface area (Å²) in [4.78, 5) is 15.5. The molecule has 2 aliphatic rings. The van der Waals surface area contributed by atoms with Gasteiger partial charge in [0.2, 0.25) is 15.9 Å². The smallest absolute Gasteiger partial charge is 0.224 e. The molecule has 0 unspecified atom stereocenters. The molecule has 1 atom stereocenters. The van der Waals surface area contributed by atoms with E-state index in [-0.39, 0.29) is 24.1 Å². The topological polar surface area (TPSA) is 69.7 Å². The van der Waals surface area contributed by atoms with Gasteiger partial charge in [-0.15, -0.1) is 0 Å². The molecule has 35 heavy (non-hydrogen) atoms. The van der Waals surface area contributed by atoms with Crippen LogP contribution in [0.2, 0.25) is 10.0 Å². The summed E-state index contributed by atoms with van der Waals surface area (Å²) < 4.78 is 27.6. The van der Waals surface area contributed by atoms with E-state index < -0.39 is 10.0 Å². The number of piperidine rings is 2. The number of halogens is 2. The van der Waals surface area contributed by atoms with Crippen molar-refractivity contribution < 1.29 is 13.2 Å². The minimum Gasteiger partial charge on any atom is -0.352 e. The lowest BCUT2D eigenvalue weighted by molar-refractivity contribution is -0.126. The molecular formula is C26H33Cl2N3O3S. The number of carbonyl (C=O) groups excluding carboxylic acids is 1. The summed E-state index contributed by atoms with van der Waals surface area (Å²) in [6.45, 7) is 4.14. The predicted octanol–water partition coefficient (Wildman–Crippen LogP) is 4.84. The number of carbonyl (C=O) groups is 1. The van der Waals surface area contributed by atoms with Gasteiger partial charge in [0, 0.05) is 41.8 Å². The Hall–Kier alpha value is -1.64. The van der Waals surface area contributed by atoms with Crippen LogP contribution in [0.1, 0.15) is 48.8 Å². The third-order valence-corrected chi connectivity index (χ3v) is 9.43. The molecule has 2 aliphatic heterocycles. The zero-order valence-electron chi connectivity index (χ0n) is 19.9. The van der Waals surface area contributed by atoms with Gasteiger partial charge in [-0.25, -0.2) is 12.7 Å². The maximum Gasteiger partial charge on any atom is 0.224 e. The van der Waals surface area contributed by atoms with Gasteiger partial charge in [0.25, 0.3) is 0 Å². The molecule has 2 saturated heterocycles. The second kappa shape index (κ2) is 12.1. The molecule has 0 bridgehead atoms. The van der Waals surface area contributed by atoms with Crippen LogP contribution in [0.5, 0.6) is 0 Å². The van der Waals surface area contributed by atoms with E-state index in [1.54, 1.807) is 18.2 Å². The normalized spacial score (nSPS) is 20.0. The van der Waals surface area contributed by atoms with Gasteiger partial charge in [-0.2, -0.15) is 0 Å². The van der Waals surface area contributed by atoms with Crippen molar-refractivity contribution in [1.82, 2.24) is 14.5 Å². The number of hydrogen-bond acceptors (Lipinski definition) is 4. The van der Waals surface area contributed by atoms with Crippen LogP contribution in [0.3, 0.4) is 0 Å². The highest BCUT2D eigenvalue weighted by molar-refractivity contribution is 7.88. The lowest BCUT2D eigenvalue weighted by Gasteiger charge is -2.31. The Morgan fingerprint density at radius 2 is 1.60 bits per heavy atom. The van der Waals surface area contributed by atoms with Gasteiger partial charge in [0.15, 0.2) is 0 Å². The highest BCUT2D eigenvalue weighted by atomic mass is 35.5. The van der Waals surface area contributed by atoms with Crippen molar-refractivity contribution in [3.05, 3.63) is 69.2 Å². The van der Waals surface area contributed by atoms with Gasteiger partial charge < -0.3 is 5.32 Å². The Balaban J connectivity index is 1.36. The number of nitrogens with zero attached hydrogens (tertiary/aromatic N) is 2. The Morgan fingerprint density at radius 1 is 0.914 bits per heavy atom. The first-order chi connectivity index (χ1) is 16.8. The lowest BCUT2D eigenvalue weighted by atomic mass is 9.98. The quantitative estimate of drug-likeness (QED) is 0.523. The number of sulfonamides is 1. The average molecular weight is 539 g/mol. The van der Waals surface area contributed by atoms with Crippen LogP contribution in [0, 0.1) is 5.92 Å². The van der Waals surface area contributed by atoms with Crippen molar-refractivity contribution >= 4 is 39.1 Å². The van der Waals surface area contributed by atoms with E-state index in [0.717, 1.165) is 25.2 Å². The van der Waals surface area contributed by atoms with E-state index in [0.29, 0.717) is 41.5 Å². The van der Waals surface area contributed by atoms with E-state index in [2.05, 4.69) is 22.3 Å². The number of likely N-dealkylation sites (tertiary alicyclic amines) is 1. The highest BCUT2D eigenvalue weighted by Crippen LogP contribution is 2.29. The molecule has 0 aliphatic carbocycles. The predicted molar refractivity (Wildman–Crippen MR) is 141 cm³/mol. The standard InChI is InChI=1S/C26H33Cl2N3O3S/c27-24-11-6-12-25(28)23(24)19-35(33,34)31-15-7-10-22(18-31)26(32)29-16-20-8-2-3-9-21(20)17-30-13-4-1-5-14-30/h2-3,6,8-9,11-12,22H,1,4-5,7,10,13-19H2,(H,29,32)/t22-/m1/s1. The second-order valence-corrected chi connectivity index (χ2v) is 12.3. The second-order valence-electron chi connectivity index (χ2n) is 9.48. The molecule has 2 fully saturated rings. The number of benzene rings is 2. The van der Waals surface area contributed by atoms with E-state index in [9.17, 15) is 13.2 Å². The number of rotatable bonds is 8. The van der Waals surface area contributed by atoms with Gasteiger partial charge in [-0.3, -0.25) is 9.69 Å². The van der Waals surface area contributed by atoms with Gasteiger partial charge in [0.1, 0.15) is 0 Å². The SMILES string of the molecule is O=C(NCc1ccccc1CN1CCCCC1)[C@@H]1CCCN(S(=O)(=O)Cc2c(Cl)cccc2Cl)C1. The first-order valence-electron chi connectivity index (χ1n) is 12.3. The molecule has 190 valence electrons. The summed E-state index contributed by atoms with van der Waals surface area (Å²) in [6.07, 6.45) is 5.08. The molecule has 4 rings (SSSR count). The number of hydrogen-bond donors (Lipinski definition) is 1. The minimum atomic E-state index is -3.66. The van der Waals surface area contributed by atoms with Crippen molar-refractivity contribution in [3.8, 4) is 0 Å². The van der Waals surface area contributed by atoms with Crippen molar-refractivity contribution in [3.63, 3.8) is 0 Å². The number of amides is 1.